The number of anilines is 1. The molecule has 0 aromatic heterocycles. The number of hydrogen-bond acceptors (Lipinski definition) is 5. The summed E-state index contributed by atoms with van der Waals surface area (Å²) in [5, 5.41) is 2.64. The Kier molecular flexibility index (Phi) is 5.15. The lowest BCUT2D eigenvalue weighted by Crippen LogP contribution is -2.17. The van der Waals surface area contributed by atoms with Gasteiger partial charge in [0.2, 0.25) is 9.84 Å². The second kappa shape index (κ2) is 7.20. The molecule has 0 aliphatic carbocycles. The summed E-state index contributed by atoms with van der Waals surface area (Å²) in [6.45, 7) is 0.821. The molecule has 138 valence electrons. The van der Waals surface area contributed by atoms with Gasteiger partial charge < -0.3 is 14.8 Å². The number of ether oxygens (including phenoxy) is 2. The van der Waals surface area contributed by atoms with Crippen LogP contribution in [0.1, 0.15) is 10.4 Å². The van der Waals surface area contributed by atoms with Crippen molar-refractivity contribution in [3.8, 4) is 11.5 Å². The molecule has 1 aliphatic heterocycles. The normalized spacial score (nSPS) is 13.5. The highest BCUT2D eigenvalue weighted by Crippen LogP contribution is 2.38. The molecule has 0 unspecified atom stereocenters. The first-order valence-corrected chi connectivity index (χ1v) is 9.65. The average molecular weight is 448 g/mol. The van der Waals surface area contributed by atoms with Crippen LogP contribution in [0.4, 0.5) is 14.5 Å². The van der Waals surface area contributed by atoms with Crippen molar-refractivity contribution in [3.63, 3.8) is 0 Å². The van der Waals surface area contributed by atoms with Crippen LogP contribution in [-0.4, -0.2) is 33.3 Å². The second-order valence-electron chi connectivity index (χ2n) is 5.26. The number of rotatable bonds is 4. The lowest BCUT2D eigenvalue weighted by atomic mass is 10.2. The fourth-order valence-electron chi connectivity index (χ4n) is 2.25. The lowest BCUT2D eigenvalue weighted by molar-refractivity contribution is 0.102. The Bertz CT molecular complexity index is 948. The first kappa shape index (κ1) is 18.6. The van der Waals surface area contributed by atoms with Crippen molar-refractivity contribution in [1.29, 1.82) is 0 Å². The fraction of sp³-hybridized carbons (Fsp3) is 0.188. The summed E-state index contributed by atoms with van der Waals surface area (Å²) in [6, 6.07) is 7.51. The number of alkyl halides is 2. The van der Waals surface area contributed by atoms with E-state index in [4.69, 9.17) is 9.47 Å². The molecule has 3 rings (SSSR count). The molecule has 1 aliphatic rings. The predicted octanol–water partition coefficient (Wildman–Crippen LogP) is 3.47. The summed E-state index contributed by atoms with van der Waals surface area (Å²) in [5.74, 6) is -3.03. The molecule has 10 heteroatoms. The Labute approximate surface area is 156 Å². The topological polar surface area (TPSA) is 81.7 Å². The van der Waals surface area contributed by atoms with Crippen molar-refractivity contribution in [3.05, 3.63) is 46.4 Å². The van der Waals surface area contributed by atoms with Crippen LogP contribution in [0.3, 0.4) is 0 Å². The number of fused-ring (bicyclic) bond motifs is 1. The maximum Gasteiger partial charge on any atom is 0.341 e. The molecule has 2 aromatic carbocycles. The monoisotopic (exact) mass is 447 g/mol. The largest absolute Gasteiger partial charge is 0.486 e. The zero-order valence-electron chi connectivity index (χ0n) is 13.0. The van der Waals surface area contributed by atoms with Gasteiger partial charge in [-0.3, -0.25) is 4.79 Å². The molecule has 0 saturated carbocycles. The standard InChI is InChI=1S/C16H12BrF2NO5S/c17-11-7-13-14(25-6-5-24-13)8-12(11)20-15(21)9-1-3-10(4-2-9)26(22,23)16(18)19/h1-4,7-8,16H,5-6H2,(H,20,21). The summed E-state index contributed by atoms with van der Waals surface area (Å²) < 4.78 is 59.3. The highest BCUT2D eigenvalue weighted by Gasteiger charge is 2.26. The van der Waals surface area contributed by atoms with Gasteiger partial charge in [0.1, 0.15) is 13.2 Å². The van der Waals surface area contributed by atoms with Crippen LogP contribution < -0.4 is 14.8 Å². The van der Waals surface area contributed by atoms with Crippen molar-refractivity contribution in [2.24, 2.45) is 0 Å². The first-order chi connectivity index (χ1) is 12.3. The Hall–Kier alpha value is -2.20. The van der Waals surface area contributed by atoms with Crippen LogP contribution in [0, 0.1) is 0 Å². The molecular formula is C16H12BrF2NO5S. The van der Waals surface area contributed by atoms with Gasteiger partial charge in [0.05, 0.1) is 10.6 Å². The molecule has 6 nitrogen and oxygen atoms in total. The van der Waals surface area contributed by atoms with Crippen LogP contribution in [0.2, 0.25) is 0 Å². The summed E-state index contributed by atoms with van der Waals surface area (Å²) >= 11 is 3.32. The Morgan fingerprint density at radius 3 is 2.23 bits per heavy atom. The summed E-state index contributed by atoms with van der Waals surface area (Å²) in [7, 11) is -4.70. The van der Waals surface area contributed by atoms with Crippen molar-refractivity contribution < 1.29 is 31.5 Å². The molecule has 0 bridgehead atoms. The van der Waals surface area contributed by atoms with Crippen LogP contribution in [-0.2, 0) is 9.84 Å². The third-order valence-electron chi connectivity index (χ3n) is 3.56. The quantitative estimate of drug-likeness (QED) is 0.775. The van der Waals surface area contributed by atoms with E-state index in [1.165, 1.54) is 0 Å². The van der Waals surface area contributed by atoms with Gasteiger partial charge in [-0.1, -0.05) is 0 Å². The molecule has 0 saturated heterocycles. The number of nitrogens with one attached hydrogen (secondary N) is 1. The summed E-state index contributed by atoms with van der Waals surface area (Å²) in [4.78, 5) is 11.8. The summed E-state index contributed by atoms with van der Waals surface area (Å²) in [6.07, 6.45) is 0. The van der Waals surface area contributed by atoms with Gasteiger partial charge in [0.25, 0.3) is 5.91 Å². The molecule has 1 N–H and O–H groups in total. The third kappa shape index (κ3) is 3.65. The molecule has 0 atom stereocenters. The number of carbonyl (C=O) groups is 1. The highest BCUT2D eigenvalue weighted by molar-refractivity contribution is 9.10. The molecule has 0 fully saturated rings. The minimum absolute atomic E-state index is 0.111. The molecule has 2 aromatic rings. The molecule has 1 amide bonds. The zero-order chi connectivity index (χ0) is 18.9. The van der Waals surface area contributed by atoms with Crippen LogP contribution in [0.15, 0.2) is 45.8 Å². The van der Waals surface area contributed by atoms with Gasteiger partial charge in [-0.05, 0) is 40.2 Å². The van der Waals surface area contributed by atoms with E-state index in [0.717, 1.165) is 24.3 Å². The number of sulfone groups is 1. The van der Waals surface area contributed by atoms with E-state index >= 15 is 0 Å². The SMILES string of the molecule is O=C(Nc1cc2c(cc1Br)OCCO2)c1ccc(S(=O)(=O)C(F)F)cc1. The van der Waals surface area contributed by atoms with E-state index in [1.807, 2.05) is 0 Å². The minimum atomic E-state index is -4.70. The first-order valence-electron chi connectivity index (χ1n) is 7.31. The van der Waals surface area contributed by atoms with Crippen molar-refractivity contribution in [2.75, 3.05) is 18.5 Å². The van der Waals surface area contributed by atoms with Crippen molar-refractivity contribution in [1.82, 2.24) is 0 Å². The molecule has 26 heavy (non-hydrogen) atoms. The molecule has 0 spiro atoms. The summed E-state index contributed by atoms with van der Waals surface area (Å²) in [5.41, 5.74) is 0.531. The van der Waals surface area contributed by atoms with Crippen LogP contribution >= 0.6 is 15.9 Å². The molecule has 1 heterocycles. The Balaban J connectivity index is 1.80. The van der Waals surface area contributed by atoms with E-state index in [1.54, 1.807) is 12.1 Å². The third-order valence-corrected chi connectivity index (χ3v) is 5.61. The second-order valence-corrected chi connectivity index (χ2v) is 8.03. The van der Waals surface area contributed by atoms with Gasteiger partial charge in [0, 0.05) is 22.2 Å². The van der Waals surface area contributed by atoms with Gasteiger partial charge in [-0.25, -0.2) is 8.42 Å². The Morgan fingerprint density at radius 2 is 1.65 bits per heavy atom. The van der Waals surface area contributed by atoms with Crippen molar-refractivity contribution >= 4 is 37.4 Å². The lowest BCUT2D eigenvalue weighted by Gasteiger charge is -2.20. The van der Waals surface area contributed by atoms with E-state index in [9.17, 15) is 22.0 Å². The van der Waals surface area contributed by atoms with Gasteiger partial charge in [0.15, 0.2) is 11.5 Å². The fourth-order valence-corrected chi connectivity index (χ4v) is 3.40. The number of halogens is 3. The van der Waals surface area contributed by atoms with E-state index in [2.05, 4.69) is 21.2 Å². The van der Waals surface area contributed by atoms with E-state index in [-0.39, 0.29) is 5.56 Å². The van der Waals surface area contributed by atoms with Gasteiger partial charge in [-0.15, -0.1) is 0 Å². The van der Waals surface area contributed by atoms with Crippen LogP contribution in [0.25, 0.3) is 0 Å². The molecular weight excluding hydrogens is 436 g/mol. The van der Waals surface area contributed by atoms with E-state index < -0.39 is 26.4 Å². The smallest absolute Gasteiger partial charge is 0.341 e. The van der Waals surface area contributed by atoms with E-state index in [0.29, 0.717) is 34.9 Å². The molecule has 0 radical (unpaired) electrons. The number of carbonyl (C=O) groups excluding carboxylic acids is 1. The average Bonchev–Trinajstić information content (AvgIpc) is 2.62. The maximum absolute atomic E-state index is 12.5. The number of benzene rings is 2. The highest BCUT2D eigenvalue weighted by atomic mass is 79.9. The number of amides is 1. The minimum Gasteiger partial charge on any atom is -0.486 e. The maximum atomic E-state index is 12.5. The number of hydrogen-bond donors (Lipinski definition) is 1. The van der Waals surface area contributed by atoms with Crippen molar-refractivity contribution in [2.45, 2.75) is 10.7 Å². The predicted molar refractivity (Wildman–Crippen MR) is 92.7 cm³/mol. The van der Waals surface area contributed by atoms with Gasteiger partial charge in [-0.2, -0.15) is 8.78 Å². The Morgan fingerprint density at radius 1 is 1.08 bits per heavy atom. The van der Waals surface area contributed by atoms with Gasteiger partial charge >= 0.3 is 5.76 Å². The zero-order valence-corrected chi connectivity index (χ0v) is 15.4. The van der Waals surface area contributed by atoms with Crippen LogP contribution in [0.5, 0.6) is 11.5 Å².